The first kappa shape index (κ1) is 16.3. The van der Waals surface area contributed by atoms with Crippen LogP contribution >= 0.6 is 0 Å². The molecule has 2 aromatic heterocycles. The van der Waals surface area contributed by atoms with E-state index in [0.29, 0.717) is 0 Å². The molecule has 0 radical (unpaired) electrons. The van der Waals surface area contributed by atoms with Crippen LogP contribution in [0.3, 0.4) is 0 Å². The van der Waals surface area contributed by atoms with E-state index >= 15 is 0 Å². The Hall–Kier alpha value is -2.92. The summed E-state index contributed by atoms with van der Waals surface area (Å²) in [6.07, 6.45) is 2.99. The lowest BCUT2D eigenvalue weighted by Crippen LogP contribution is -2.30. The van der Waals surface area contributed by atoms with Gasteiger partial charge in [-0.05, 0) is 30.8 Å². The zero-order chi connectivity index (χ0) is 18.2. The molecule has 5 heteroatoms. The van der Waals surface area contributed by atoms with Gasteiger partial charge in [0.05, 0.1) is 11.9 Å². The molecule has 3 heterocycles. The minimum Gasteiger partial charge on any atom is -0.355 e. The third kappa shape index (κ3) is 2.94. The van der Waals surface area contributed by atoms with Crippen LogP contribution in [0, 0.1) is 0 Å². The second-order valence-electron chi connectivity index (χ2n) is 7.27. The summed E-state index contributed by atoms with van der Waals surface area (Å²) < 4.78 is 1.97. The first-order valence-corrected chi connectivity index (χ1v) is 9.56. The summed E-state index contributed by atoms with van der Waals surface area (Å²) in [5.74, 6) is 1.13. The maximum absolute atomic E-state index is 4.91. The van der Waals surface area contributed by atoms with E-state index in [1.807, 2.05) is 16.8 Å². The maximum Gasteiger partial charge on any atom is 0.157 e. The normalized spacial score (nSPS) is 16.1. The fourth-order valence-electron chi connectivity index (χ4n) is 3.98. The molecule has 136 valence electrons. The molecule has 1 aliphatic rings. The topological polar surface area (TPSA) is 36.7 Å². The number of hydrogen-bond acceptors (Lipinski definition) is 4. The van der Waals surface area contributed by atoms with Crippen molar-refractivity contribution in [2.75, 3.05) is 38.1 Å². The average Bonchev–Trinajstić information content (AvgIpc) is 3.08. The first-order valence-electron chi connectivity index (χ1n) is 9.56. The highest BCUT2D eigenvalue weighted by molar-refractivity contribution is 5.96. The fourth-order valence-corrected chi connectivity index (χ4v) is 3.98. The molecule has 5 rings (SSSR count). The molecule has 0 unspecified atom stereocenters. The fraction of sp³-hybridized carbons (Fsp3) is 0.273. The van der Waals surface area contributed by atoms with Gasteiger partial charge in [-0.25, -0.2) is 4.98 Å². The Morgan fingerprint density at radius 1 is 0.889 bits per heavy atom. The third-order valence-electron chi connectivity index (χ3n) is 5.45. The monoisotopic (exact) mass is 357 g/mol. The SMILES string of the molecule is CN1CCCN(c2cc(-c3cccc4ccccc34)nc3ccnn23)CC1. The van der Waals surface area contributed by atoms with Gasteiger partial charge in [0.25, 0.3) is 0 Å². The molecule has 0 saturated carbocycles. The van der Waals surface area contributed by atoms with Gasteiger partial charge in [-0.2, -0.15) is 9.61 Å². The third-order valence-corrected chi connectivity index (χ3v) is 5.45. The van der Waals surface area contributed by atoms with Crippen molar-refractivity contribution < 1.29 is 0 Å². The van der Waals surface area contributed by atoms with Gasteiger partial charge < -0.3 is 9.80 Å². The van der Waals surface area contributed by atoms with Gasteiger partial charge in [0.2, 0.25) is 0 Å². The maximum atomic E-state index is 4.91. The first-order chi connectivity index (χ1) is 13.3. The summed E-state index contributed by atoms with van der Waals surface area (Å²) in [6.45, 7) is 4.25. The Kier molecular flexibility index (Phi) is 4.02. The molecule has 4 aromatic rings. The van der Waals surface area contributed by atoms with E-state index in [0.717, 1.165) is 49.8 Å². The predicted octanol–water partition coefficient (Wildman–Crippen LogP) is 3.69. The van der Waals surface area contributed by atoms with Gasteiger partial charge in [0.1, 0.15) is 5.82 Å². The lowest BCUT2D eigenvalue weighted by molar-refractivity contribution is 0.360. The molecule has 1 saturated heterocycles. The molecule has 0 aliphatic carbocycles. The van der Waals surface area contributed by atoms with Crippen LogP contribution in [0.15, 0.2) is 60.8 Å². The van der Waals surface area contributed by atoms with E-state index in [-0.39, 0.29) is 0 Å². The van der Waals surface area contributed by atoms with Crippen molar-refractivity contribution in [3.8, 4) is 11.3 Å². The van der Waals surface area contributed by atoms with E-state index in [1.165, 1.54) is 16.3 Å². The molecule has 0 spiro atoms. The number of fused-ring (bicyclic) bond motifs is 2. The van der Waals surface area contributed by atoms with Crippen LogP contribution in [0.25, 0.3) is 27.7 Å². The highest BCUT2D eigenvalue weighted by Crippen LogP contribution is 2.30. The van der Waals surface area contributed by atoms with Crippen LogP contribution in [0.1, 0.15) is 6.42 Å². The molecular weight excluding hydrogens is 334 g/mol. The molecule has 0 bridgehead atoms. The number of anilines is 1. The number of likely N-dealkylation sites (N-methyl/N-ethyl adjacent to an activating group) is 1. The average molecular weight is 357 g/mol. The molecule has 0 N–H and O–H groups in total. The van der Waals surface area contributed by atoms with E-state index in [9.17, 15) is 0 Å². The molecule has 0 amide bonds. The van der Waals surface area contributed by atoms with Crippen LogP contribution in [0.4, 0.5) is 5.82 Å². The molecule has 2 aromatic carbocycles. The largest absolute Gasteiger partial charge is 0.355 e. The van der Waals surface area contributed by atoms with Crippen molar-refractivity contribution in [1.82, 2.24) is 19.5 Å². The molecule has 5 nitrogen and oxygen atoms in total. The highest BCUT2D eigenvalue weighted by atomic mass is 15.4. The van der Waals surface area contributed by atoms with E-state index in [4.69, 9.17) is 4.98 Å². The lowest BCUT2D eigenvalue weighted by Gasteiger charge is -2.24. The molecule has 0 atom stereocenters. The van der Waals surface area contributed by atoms with E-state index in [2.05, 4.69) is 70.5 Å². The second kappa shape index (κ2) is 6.67. The summed E-state index contributed by atoms with van der Waals surface area (Å²) >= 11 is 0. The summed E-state index contributed by atoms with van der Waals surface area (Å²) in [5, 5.41) is 7.01. The van der Waals surface area contributed by atoms with Crippen LogP contribution in [0.2, 0.25) is 0 Å². The Morgan fingerprint density at radius 2 is 1.78 bits per heavy atom. The van der Waals surface area contributed by atoms with Crippen LogP contribution in [-0.2, 0) is 0 Å². The van der Waals surface area contributed by atoms with Gasteiger partial charge in [0, 0.05) is 37.3 Å². The molecule has 1 fully saturated rings. The molecular formula is C22H23N5. The Labute approximate surface area is 158 Å². The minimum absolute atomic E-state index is 0.896. The van der Waals surface area contributed by atoms with Crippen molar-refractivity contribution in [2.45, 2.75) is 6.42 Å². The van der Waals surface area contributed by atoms with Gasteiger partial charge in [-0.1, -0.05) is 42.5 Å². The number of hydrogen-bond donors (Lipinski definition) is 0. The van der Waals surface area contributed by atoms with Crippen LogP contribution in [0.5, 0.6) is 0 Å². The second-order valence-corrected chi connectivity index (χ2v) is 7.27. The standard InChI is InChI=1S/C22H23N5/c1-25-12-5-13-26(15-14-25)22-16-20(24-21-10-11-23-27(21)22)19-9-4-7-17-6-2-3-8-18(17)19/h2-4,6-11,16H,5,12-15H2,1H3. The number of rotatable bonds is 2. The number of benzene rings is 2. The van der Waals surface area contributed by atoms with Gasteiger partial charge >= 0.3 is 0 Å². The predicted molar refractivity (Wildman–Crippen MR) is 110 cm³/mol. The zero-order valence-corrected chi connectivity index (χ0v) is 15.5. The molecule has 27 heavy (non-hydrogen) atoms. The minimum atomic E-state index is 0.896. The summed E-state index contributed by atoms with van der Waals surface area (Å²) in [7, 11) is 2.20. The summed E-state index contributed by atoms with van der Waals surface area (Å²) in [6, 6.07) is 19.1. The Bertz CT molecular complexity index is 1090. The van der Waals surface area contributed by atoms with Crippen LogP contribution in [-0.4, -0.2) is 52.7 Å². The van der Waals surface area contributed by atoms with Crippen molar-refractivity contribution in [3.63, 3.8) is 0 Å². The van der Waals surface area contributed by atoms with E-state index < -0.39 is 0 Å². The Morgan fingerprint density at radius 3 is 2.74 bits per heavy atom. The molecule has 1 aliphatic heterocycles. The van der Waals surface area contributed by atoms with E-state index in [1.54, 1.807) is 0 Å². The smallest absolute Gasteiger partial charge is 0.157 e. The van der Waals surface area contributed by atoms with Crippen molar-refractivity contribution in [1.29, 1.82) is 0 Å². The van der Waals surface area contributed by atoms with Gasteiger partial charge in [-0.15, -0.1) is 0 Å². The van der Waals surface area contributed by atoms with Crippen molar-refractivity contribution in [3.05, 3.63) is 60.8 Å². The Balaban J connectivity index is 1.68. The number of aromatic nitrogens is 3. The summed E-state index contributed by atoms with van der Waals surface area (Å²) in [5.41, 5.74) is 3.07. The summed E-state index contributed by atoms with van der Waals surface area (Å²) in [4.78, 5) is 9.75. The van der Waals surface area contributed by atoms with Crippen molar-refractivity contribution >= 4 is 22.2 Å². The lowest BCUT2D eigenvalue weighted by atomic mass is 10.0. The van der Waals surface area contributed by atoms with Crippen LogP contribution < -0.4 is 4.90 Å². The quantitative estimate of drug-likeness (QED) is 0.548. The van der Waals surface area contributed by atoms with Gasteiger partial charge in [-0.3, -0.25) is 0 Å². The van der Waals surface area contributed by atoms with Gasteiger partial charge in [0.15, 0.2) is 5.65 Å². The number of nitrogens with zero attached hydrogens (tertiary/aromatic N) is 5. The highest BCUT2D eigenvalue weighted by Gasteiger charge is 2.18. The van der Waals surface area contributed by atoms with Crippen molar-refractivity contribution in [2.24, 2.45) is 0 Å². The zero-order valence-electron chi connectivity index (χ0n) is 15.5.